The molecule has 1 atom stereocenters. The highest BCUT2D eigenvalue weighted by Crippen LogP contribution is 2.22. The molecule has 1 unspecified atom stereocenters. The van der Waals surface area contributed by atoms with E-state index in [0.29, 0.717) is 5.56 Å². The highest BCUT2D eigenvalue weighted by molar-refractivity contribution is 5.97. The van der Waals surface area contributed by atoms with Crippen molar-refractivity contribution in [1.82, 2.24) is 4.90 Å². The van der Waals surface area contributed by atoms with E-state index in [9.17, 15) is 14.7 Å². The van der Waals surface area contributed by atoms with Gasteiger partial charge in [0.25, 0.3) is 5.91 Å². The third kappa shape index (κ3) is 3.47. The van der Waals surface area contributed by atoms with Crippen molar-refractivity contribution >= 4 is 11.9 Å². The van der Waals surface area contributed by atoms with E-state index in [0.717, 1.165) is 0 Å². The van der Waals surface area contributed by atoms with E-state index in [1.165, 1.54) is 12.0 Å². The summed E-state index contributed by atoms with van der Waals surface area (Å²) in [5.41, 5.74) is 0.875. The molecule has 0 saturated heterocycles. The molecule has 0 fully saturated rings. The molecule has 104 valence electrons. The van der Waals surface area contributed by atoms with Crippen LogP contribution in [0.4, 0.5) is 0 Å². The number of esters is 1. The van der Waals surface area contributed by atoms with E-state index >= 15 is 0 Å². The molecular weight excluding hydrogens is 246 g/mol. The summed E-state index contributed by atoms with van der Waals surface area (Å²) < 4.78 is 4.61. The quantitative estimate of drug-likeness (QED) is 0.839. The van der Waals surface area contributed by atoms with Crippen molar-refractivity contribution in [3.8, 4) is 5.75 Å². The lowest BCUT2D eigenvalue weighted by Gasteiger charge is -2.21. The first-order chi connectivity index (χ1) is 8.88. The number of aryl methyl sites for hydroxylation is 1. The summed E-state index contributed by atoms with van der Waals surface area (Å²) in [5, 5.41) is 9.87. The van der Waals surface area contributed by atoms with Gasteiger partial charge in [-0.25, -0.2) is 0 Å². The normalized spacial score (nSPS) is 11.8. The standard InChI is InChI=1S/C14H19NO4/c1-9-6-5-7-11(12(9)16)13(17)15(3)8-10(2)14(18)19-4/h5-7,10,16H,8H2,1-4H3. The molecule has 5 heteroatoms. The number of hydrogen-bond acceptors (Lipinski definition) is 4. The fourth-order valence-corrected chi connectivity index (χ4v) is 1.81. The van der Waals surface area contributed by atoms with E-state index < -0.39 is 5.92 Å². The van der Waals surface area contributed by atoms with Crippen molar-refractivity contribution in [3.63, 3.8) is 0 Å². The highest BCUT2D eigenvalue weighted by Gasteiger charge is 2.21. The predicted octanol–water partition coefficient (Wildman–Crippen LogP) is 1.58. The molecule has 1 aromatic rings. The van der Waals surface area contributed by atoms with Gasteiger partial charge in [-0.1, -0.05) is 19.1 Å². The summed E-state index contributed by atoms with van der Waals surface area (Å²) >= 11 is 0. The largest absolute Gasteiger partial charge is 0.507 e. The summed E-state index contributed by atoms with van der Waals surface area (Å²) in [6, 6.07) is 4.99. The van der Waals surface area contributed by atoms with Gasteiger partial charge in [0.15, 0.2) is 0 Å². The molecule has 0 aliphatic rings. The maximum atomic E-state index is 12.2. The number of amides is 1. The SMILES string of the molecule is COC(=O)C(C)CN(C)C(=O)c1cccc(C)c1O. The summed E-state index contributed by atoms with van der Waals surface area (Å²) in [5.74, 6) is -1.12. The van der Waals surface area contributed by atoms with Crippen LogP contribution in [0, 0.1) is 12.8 Å². The average Bonchev–Trinajstić information content (AvgIpc) is 2.39. The zero-order valence-corrected chi connectivity index (χ0v) is 11.6. The highest BCUT2D eigenvalue weighted by atomic mass is 16.5. The summed E-state index contributed by atoms with van der Waals surface area (Å²) in [6.07, 6.45) is 0. The van der Waals surface area contributed by atoms with E-state index in [2.05, 4.69) is 4.74 Å². The zero-order valence-electron chi connectivity index (χ0n) is 11.6. The van der Waals surface area contributed by atoms with Crippen molar-refractivity contribution in [2.45, 2.75) is 13.8 Å². The second-order valence-electron chi connectivity index (χ2n) is 4.58. The van der Waals surface area contributed by atoms with Gasteiger partial charge in [0.1, 0.15) is 5.75 Å². The fraction of sp³-hybridized carbons (Fsp3) is 0.429. The first kappa shape index (κ1) is 15.0. The summed E-state index contributed by atoms with van der Waals surface area (Å²) in [6.45, 7) is 3.65. The first-order valence-electron chi connectivity index (χ1n) is 6.00. The fourth-order valence-electron chi connectivity index (χ4n) is 1.81. The van der Waals surface area contributed by atoms with Crippen LogP contribution in [0.25, 0.3) is 0 Å². The van der Waals surface area contributed by atoms with Crippen LogP contribution in [0.1, 0.15) is 22.8 Å². The molecule has 0 bridgehead atoms. The number of phenols is 1. The predicted molar refractivity (Wildman–Crippen MR) is 71.0 cm³/mol. The van der Waals surface area contributed by atoms with Crippen molar-refractivity contribution in [2.24, 2.45) is 5.92 Å². The Morgan fingerprint density at radius 2 is 2.05 bits per heavy atom. The Morgan fingerprint density at radius 1 is 1.42 bits per heavy atom. The maximum absolute atomic E-state index is 12.2. The Bertz CT molecular complexity index is 484. The van der Waals surface area contributed by atoms with Crippen LogP contribution in [0.15, 0.2) is 18.2 Å². The topological polar surface area (TPSA) is 66.8 Å². The van der Waals surface area contributed by atoms with Gasteiger partial charge in [0, 0.05) is 13.6 Å². The molecule has 1 amide bonds. The van der Waals surface area contributed by atoms with Crippen molar-refractivity contribution in [3.05, 3.63) is 29.3 Å². The molecule has 1 N–H and O–H groups in total. The van der Waals surface area contributed by atoms with Gasteiger partial charge >= 0.3 is 5.97 Å². The minimum atomic E-state index is -0.411. The number of nitrogens with zero attached hydrogens (tertiary/aromatic N) is 1. The second kappa shape index (κ2) is 6.22. The number of aromatic hydroxyl groups is 1. The Hall–Kier alpha value is -2.04. The van der Waals surface area contributed by atoms with Crippen LogP contribution in [-0.4, -0.2) is 42.6 Å². The van der Waals surface area contributed by atoms with Gasteiger partial charge in [0.2, 0.25) is 0 Å². The van der Waals surface area contributed by atoms with Crippen LogP contribution in [0.3, 0.4) is 0 Å². The van der Waals surface area contributed by atoms with Crippen molar-refractivity contribution in [1.29, 1.82) is 0 Å². The lowest BCUT2D eigenvalue weighted by molar-refractivity contribution is -0.145. The Labute approximate surface area is 112 Å². The van der Waals surface area contributed by atoms with E-state index in [1.807, 2.05) is 0 Å². The Kier molecular flexibility index (Phi) is 4.92. The maximum Gasteiger partial charge on any atom is 0.310 e. The van der Waals surface area contributed by atoms with Crippen LogP contribution >= 0.6 is 0 Å². The lowest BCUT2D eigenvalue weighted by Crippen LogP contribution is -2.34. The molecule has 1 rings (SSSR count). The third-order valence-corrected chi connectivity index (χ3v) is 2.97. The number of carbonyl (C=O) groups is 2. The minimum absolute atomic E-state index is 0.0231. The van der Waals surface area contributed by atoms with Gasteiger partial charge in [-0.05, 0) is 18.6 Å². The smallest absolute Gasteiger partial charge is 0.310 e. The summed E-state index contributed by atoms with van der Waals surface area (Å²) in [4.78, 5) is 24.9. The van der Waals surface area contributed by atoms with Crippen LogP contribution in [-0.2, 0) is 9.53 Å². The number of phenolic OH excluding ortho intramolecular Hbond substituents is 1. The van der Waals surface area contributed by atoms with Gasteiger partial charge < -0.3 is 14.7 Å². The Balaban J connectivity index is 2.83. The van der Waals surface area contributed by atoms with E-state index in [4.69, 9.17) is 0 Å². The first-order valence-corrected chi connectivity index (χ1v) is 6.00. The molecule has 0 aromatic heterocycles. The molecular formula is C14H19NO4. The molecule has 5 nitrogen and oxygen atoms in total. The second-order valence-corrected chi connectivity index (χ2v) is 4.58. The van der Waals surface area contributed by atoms with E-state index in [1.54, 1.807) is 39.1 Å². The lowest BCUT2D eigenvalue weighted by atomic mass is 10.1. The van der Waals surface area contributed by atoms with Crippen LogP contribution in [0.2, 0.25) is 0 Å². The van der Waals surface area contributed by atoms with Gasteiger partial charge in [-0.2, -0.15) is 0 Å². The van der Waals surface area contributed by atoms with Crippen LogP contribution < -0.4 is 0 Å². The molecule has 0 aliphatic carbocycles. The number of ether oxygens (including phenoxy) is 1. The molecule has 0 spiro atoms. The number of methoxy groups -OCH3 is 1. The molecule has 0 saturated carbocycles. The van der Waals surface area contributed by atoms with Crippen LogP contribution in [0.5, 0.6) is 5.75 Å². The average molecular weight is 265 g/mol. The minimum Gasteiger partial charge on any atom is -0.507 e. The molecule has 1 aromatic carbocycles. The number of benzene rings is 1. The monoisotopic (exact) mass is 265 g/mol. The number of rotatable bonds is 4. The molecule has 19 heavy (non-hydrogen) atoms. The van der Waals surface area contributed by atoms with Gasteiger partial charge in [-0.15, -0.1) is 0 Å². The Morgan fingerprint density at radius 3 is 2.63 bits per heavy atom. The summed E-state index contributed by atoms with van der Waals surface area (Å²) in [7, 11) is 2.90. The van der Waals surface area contributed by atoms with E-state index in [-0.39, 0.29) is 29.7 Å². The molecule has 0 radical (unpaired) electrons. The van der Waals surface area contributed by atoms with Gasteiger partial charge in [0.05, 0.1) is 18.6 Å². The number of hydrogen-bond donors (Lipinski definition) is 1. The number of carbonyl (C=O) groups excluding carboxylic acids is 2. The van der Waals surface area contributed by atoms with Gasteiger partial charge in [-0.3, -0.25) is 9.59 Å². The number of para-hydroxylation sites is 1. The zero-order chi connectivity index (χ0) is 14.6. The van der Waals surface area contributed by atoms with Crippen molar-refractivity contribution < 1.29 is 19.4 Å². The third-order valence-electron chi connectivity index (χ3n) is 2.97. The molecule has 0 heterocycles. The molecule has 0 aliphatic heterocycles. The van der Waals surface area contributed by atoms with Crippen molar-refractivity contribution in [2.75, 3.05) is 20.7 Å².